The third-order valence-electron chi connectivity index (χ3n) is 4.46. The molecule has 0 saturated heterocycles. The lowest BCUT2D eigenvalue weighted by Gasteiger charge is -2.08. The van der Waals surface area contributed by atoms with Crippen molar-refractivity contribution in [3.8, 4) is 17.2 Å². The fraction of sp³-hybridized carbons (Fsp3) is 0.273. The second kappa shape index (κ2) is 9.55. The number of hydrogen-bond acceptors (Lipinski definition) is 4. The highest BCUT2D eigenvalue weighted by Crippen LogP contribution is 2.32. The maximum absolute atomic E-state index is 13.0. The number of hydrogen-bond donors (Lipinski definition) is 1. The summed E-state index contributed by atoms with van der Waals surface area (Å²) in [6.45, 7) is -0.0830. The first-order chi connectivity index (χ1) is 15.4. The smallest absolute Gasteiger partial charge is 0.416 e. The number of carboxylic acid groups (broad SMARTS) is 1. The second-order valence-corrected chi connectivity index (χ2v) is 7.07. The van der Waals surface area contributed by atoms with Crippen LogP contribution in [-0.4, -0.2) is 28.8 Å². The van der Waals surface area contributed by atoms with Gasteiger partial charge in [-0.15, -0.1) is 0 Å². The van der Waals surface area contributed by atoms with Crippen molar-refractivity contribution in [1.29, 1.82) is 0 Å². The minimum atomic E-state index is -4.59. The fourth-order valence-electron chi connectivity index (χ4n) is 3.01. The number of nitrogens with zero attached hydrogens (tertiary/aromatic N) is 1. The lowest BCUT2D eigenvalue weighted by atomic mass is 10.1. The fourth-order valence-corrected chi connectivity index (χ4v) is 3.01. The number of halogens is 6. The molecule has 11 heteroatoms. The molecule has 0 aliphatic carbocycles. The Morgan fingerprint density at radius 1 is 1.03 bits per heavy atom. The monoisotopic (exact) mass is 473 g/mol. The number of benzene rings is 2. The van der Waals surface area contributed by atoms with Crippen LogP contribution < -0.4 is 4.74 Å². The zero-order valence-corrected chi connectivity index (χ0v) is 16.8. The standard InChI is InChI=1S/C22H17F6NO4/c23-21(24,25)12-18-17(8-9-32-16-3-1-2-13(10-16)11-19(30)31)29-20(33-18)14-4-6-15(7-5-14)22(26,27)28/h1-7,10H,8-9,11-12H2,(H,30,31). The molecule has 3 rings (SSSR count). The Hall–Kier alpha value is -3.50. The van der Waals surface area contributed by atoms with E-state index in [1.807, 2.05) is 0 Å². The highest BCUT2D eigenvalue weighted by molar-refractivity contribution is 5.70. The van der Waals surface area contributed by atoms with E-state index in [9.17, 15) is 31.1 Å². The Kier molecular flexibility index (Phi) is 6.99. The van der Waals surface area contributed by atoms with E-state index in [0.29, 0.717) is 11.3 Å². The molecule has 0 fully saturated rings. The number of rotatable bonds is 8. The third-order valence-corrected chi connectivity index (χ3v) is 4.46. The zero-order valence-electron chi connectivity index (χ0n) is 16.8. The average Bonchev–Trinajstić information content (AvgIpc) is 3.08. The molecule has 0 aliphatic heterocycles. The van der Waals surface area contributed by atoms with Crippen molar-refractivity contribution in [1.82, 2.24) is 4.98 Å². The second-order valence-electron chi connectivity index (χ2n) is 7.07. The van der Waals surface area contributed by atoms with E-state index in [-0.39, 0.29) is 36.6 Å². The lowest BCUT2D eigenvalue weighted by molar-refractivity contribution is -0.138. The molecule has 0 atom stereocenters. The molecule has 1 heterocycles. The Labute approximate surface area is 183 Å². The van der Waals surface area contributed by atoms with Gasteiger partial charge in [-0.3, -0.25) is 4.79 Å². The molecule has 0 amide bonds. The minimum absolute atomic E-state index is 0.0380. The molecule has 176 valence electrons. The number of ether oxygens (including phenoxy) is 1. The first-order valence-corrected chi connectivity index (χ1v) is 9.57. The Bertz CT molecular complexity index is 1100. The van der Waals surface area contributed by atoms with Crippen LogP contribution in [0.5, 0.6) is 5.75 Å². The van der Waals surface area contributed by atoms with Crippen LogP contribution in [0.1, 0.15) is 22.6 Å². The lowest BCUT2D eigenvalue weighted by Crippen LogP contribution is -2.13. The maximum Gasteiger partial charge on any atom is 0.416 e. The van der Waals surface area contributed by atoms with E-state index in [2.05, 4.69) is 4.98 Å². The minimum Gasteiger partial charge on any atom is -0.493 e. The van der Waals surface area contributed by atoms with Gasteiger partial charge in [0.05, 0.1) is 24.3 Å². The van der Waals surface area contributed by atoms with Crippen molar-refractivity contribution in [3.05, 3.63) is 71.1 Å². The van der Waals surface area contributed by atoms with Crippen LogP contribution in [0.15, 0.2) is 52.9 Å². The Balaban J connectivity index is 1.76. The SMILES string of the molecule is O=C(O)Cc1cccc(OCCc2nc(-c3ccc(C(F)(F)F)cc3)oc2CC(F)(F)F)c1. The zero-order chi connectivity index (χ0) is 24.2. The summed E-state index contributed by atoms with van der Waals surface area (Å²) in [6, 6.07) is 9.96. The van der Waals surface area contributed by atoms with E-state index < -0.39 is 36.1 Å². The number of carbonyl (C=O) groups is 1. The predicted octanol–water partition coefficient (Wildman–Crippen LogP) is 5.71. The topological polar surface area (TPSA) is 72.6 Å². The summed E-state index contributed by atoms with van der Waals surface area (Å²) in [5, 5.41) is 8.85. The number of oxazole rings is 1. The highest BCUT2D eigenvalue weighted by atomic mass is 19.4. The molecule has 0 saturated carbocycles. The summed E-state index contributed by atoms with van der Waals surface area (Å²) >= 11 is 0. The van der Waals surface area contributed by atoms with Crippen LogP contribution >= 0.6 is 0 Å². The summed E-state index contributed by atoms with van der Waals surface area (Å²) < 4.78 is 87.8. The predicted molar refractivity (Wildman–Crippen MR) is 104 cm³/mol. The van der Waals surface area contributed by atoms with Gasteiger partial charge >= 0.3 is 18.3 Å². The molecular weight excluding hydrogens is 456 g/mol. The van der Waals surface area contributed by atoms with E-state index >= 15 is 0 Å². The van der Waals surface area contributed by atoms with Crippen LogP contribution in [0.2, 0.25) is 0 Å². The van der Waals surface area contributed by atoms with Gasteiger partial charge in [-0.25, -0.2) is 4.98 Å². The van der Waals surface area contributed by atoms with Crippen LogP contribution in [0.3, 0.4) is 0 Å². The molecule has 5 nitrogen and oxygen atoms in total. The molecule has 3 aromatic rings. The van der Waals surface area contributed by atoms with Gasteiger partial charge in [0.1, 0.15) is 17.9 Å². The Morgan fingerprint density at radius 3 is 2.33 bits per heavy atom. The van der Waals surface area contributed by atoms with Gasteiger partial charge in [0.2, 0.25) is 5.89 Å². The molecule has 2 aromatic carbocycles. The molecule has 0 bridgehead atoms. The van der Waals surface area contributed by atoms with Crippen molar-refractivity contribution in [3.63, 3.8) is 0 Å². The number of alkyl halides is 6. The van der Waals surface area contributed by atoms with Crippen molar-refractivity contribution in [2.75, 3.05) is 6.61 Å². The van der Waals surface area contributed by atoms with Crippen LogP contribution in [0.4, 0.5) is 26.3 Å². The first kappa shape index (κ1) is 24.1. The quantitative estimate of drug-likeness (QED) is 0.424. The molecule has 0 unspecified atom stereocenters. The van der Waals surface area contributed by atoms with Crippen molar-refractivity contribution in [2.24, 2.45) is 0 Å². The van der Waals surface area contributed by atoms with Gasteiger partial charge in [-0.1, -0.05) is 12.1 Å². The van der Waals surface area contributed by atoms with E-state index in [1.165, 1.54) is 6.07 Å². The van der Waals surface area contributed by atoms with Gasteiger partial charge in [0, 0.05) is 12.0 Å². The maximum atomic E-state index is 13.0. The van der Waals surface area contributed by atoms with Gasteiger partial charge in [0.15, 0.2) is 0 Å². The largest absolute Gasteiger partial charge is 0.493 e. The van der Waals surface area contributed by atoms with E-state index in [0.717, 1.165) is 24.3 Å². The van der Waals surface area contributed by atoms with Crippen LogP contribution in [0.25, 0.3) is 11.5 Å². The van der Waals surface area contributed by atoms with Crippen LogP contribution in [-0.2, 0) is 30.2 Å². The number of aliphatic carboxylic acids is 1. The van der Waals surface area contributed by atoms with E-state index in [1.54, 1.807) is 18.2 Å². The first-order valence-electron chi connectivity index (χ1n) is 9.57. The van der Waals surface area contributed by atoms with Crippen molar-refractivity contribution >= 4 is 5.97 Å². The normalized spacial score (nSPS) is 12.1. The average molecular weight is 473 g/mol. The third kappa shape index (κ3) is 6.99. The number of aromatic nitrogens is 1. The van der Waals surface area contributed by atoms with Gasteiger partial charge in [-0.05, 0) is 42.0 Å². The molecule has 0 aliphatic rings. The van der Waals surface area contributed by atoms with Crippen molar-refractivity contribution < 1.29 is 45.4 Å². The summed E-state index contributed by atoms with van der Waals surface area (Å²) in [6.07, 6.45) is -10.8. The molecular formula is C22H17F6NO4. The molecule has 1 aromatic heterocycles. The van der Waals surface area contributed by atoms with E-state index in [4.69, 9.17) is 14.3 Å². The summed E-state index contributed by atoms with van der Waals surface area (Å²) in [5.74, 6) is -1.39. The Morgan fingerprint density at radius 2 is 1.73 bits per heavy atom. The van der Waals surface area contributed by atoms with Gasteiger partial charge < -0.3 is 14.3 Å². The van der Waals surface area contributed by atoms with Crippen molar-refractivity contribution in [2.45, 2.75) is 31.6 Å². The highest BCUT2D eigenvalue weighted by Gasteiger charge is 2.33. The summed E-state index contributed by atoms with van der Waals surface area (Å²) in [7, 11) is 0. The molecule has 33 heavy (non-hydrogen) atoms. The number of carboxylic acids is 1. The van der Waals surface area contributed by atoms with Gasteiger partial charge in [0.25, 0.3) is 0 Å². The molecule has 1 N–H and O–H groups in total. The molecule has 0 spiro atoms. The van der Waals surface area contributed by atoms with Gasteiger partial charge in [-0.2, -0.15) is 26.3 Å². The summed E-state index contributed by atoms with van der Waals surface area (Å²) in [5.41, 5.74) is -0.361. The van der Waals surface area contributed by atoms with Crippen LogP contribution in [0, 0.1) is 0 Å². The molecule has 0 radical (unpaired) electrons. The summed E-state index contributed by atoms with van der Waals surface area (Å²) in [4.78, 5) is 14.8.